The highest BCUT2D eigenvalue weighted by Crippen LogP contribution is 2.34. The molecule has 1 aliphatic heterocycles. The van der Waals surface area contributed by atoms with E-state index in [1.165, 1.54) is 10.6 Å². The van der Waals surface area contributed by atoms with E-state index in [2.05, 4.69) is 20.9 Å². The van der Waals surface area contributed by atoms with Gasteiger partial charge in [0.25, 0.3) is 11.2 Å². The number of nitrogens with zero attached hydrogens (tertiary/aromatic N) is 3. The summed E-state index contributed by atoms with van der Waals surface area (Å²) in [5.74, 6) is 0.455. The Morgan fingerprint density at radius 2 is 1.80 bits per heavy atom. The van der Waals surface area contributed by atoms with Crippen LogP contribution < -0.4 is 24.4 Å². The fraction of sp³-hybridized carbons (Fsp3) is 0.242. The molecular weight excluding hydrogens is 662 g/mol. The molecule has 45 heavy (non-hydrogen) atoms. The van der Waals surface area contributed by atoms with Crippen LogP contribution in [0, 0.1) is 17.0 Å². The van der Waals surface area contributed by atoms with Gasteiger partial charge in [-0.1, -0.05) is 57.6 Å². The molecule has 2 heterocycles. The number of rotatable bonds is 10. The van der Waals surface area contributed by atoms with Gasteiger partial charge in [0.1, 0.15) is 6.61 Å². The molecule has 0 unspecified atom stereocenters. The number of aryl methyl sites for hydroxylation is 1. The zero-order chi connectivity index (χ0) is 32.2. The largest absolute Gasteiger partial charge is 0.490 e. The summed E-state index contributed by atoms with van der Waals surface area (Å²) in [6.45, 7) is 7.74. The Kier molecular flexibility index (Phi) is 9.64. The molecule has 0 bridgehead atoms. The highest BCUT2D eigenvalue weighted by atomic mass is 79.9. The molecule has 1 atom stereocenters. The summed E-state index contributed by atoms with van der Waals surface area (Å²) in [5.41, 5.74) is 2.58. The fourth-order valence-electron chi connectivity index (χ4n) is 5.00. The number of allylic oxidation sites excluding steroid dienone is 1. The van der Waals surface area contributed by atoms with Gasteiger partial charge in [-0.2, -0.15) is 0 Å². The van der Waals surface area contributed by atoms with Crippen molar-refractivity contribution in [2.45, 2.75) is 40.3 Å². The van der Waals surface area contributed by atoms with Crippen molar-refractivity contribution >= 4 is 45.0 Å². The van der Waals surface area contributed by atoms with Crippen LogP contribution in [0.1, 0.15) is 49.1 Å². The third-order valence-electron chi connectivity index (χ3n) is 7.14. The Hall–Kier alpha value is -4.55. The highest BCUT2D eigenvalue weighted by Gasteiger charge is 2.34. The van der Waals surface area contributed by atoms with E-state index in [-0.39, 0.29) is 17.9 Å². The lowest BCUT2D eigenvalue weighted by Crippen LogP contribution is -2.40. The number of halogens is 1. The van der Waals surface area contributed by atoms with Crippen molar-refractivity contribution in [2.75, 3.05) is 13.2 Å². The summed E-state index contributed by atoms with van der Waals surface area (Å²) in [6.07, 6.45) is 1.73. The maximum Gasteiger partial charge on any atom is 0.338 e. The van der Waals surface area contributed by atoms with E-state index in [1.54, 1.807) is 51.1 Å². The standard InChI is InChI=1S/C33H30BrN3O7S/c1-5-42-27-15-22(10-14-26(27)44-18-21-8-12-24(34)13-9-21)16-28-31(38)36-30(23-11-7-19(3)25(17-23)37(40)41)29(32(39)43-6-2)20(4)35-33(36)45-28/h7-17,30H,5-6,18H2,1-4H3/b28-16+/t30-/m0/s1. The van der Waals surface area contributed by atoms with Gasteiger partial charge in [-0.25, -0.2) is 9.79 Å². The molecule has 0 amide bonds. The predicted octanol–water partition coefficient (Wildman–Crippen LogP) is 5.76. The van der Waals surface area contributed by atoms with E-state index in [0.29, 0.717) is 56.4 Å². The average molecular weight is 693 g/mol. The number of hydrogen-bond donors (Lipinski definition) is 0. The topological polar surface area (TPSA) is 122 Å². The molecule has 0 aliphatic carbocycles. The van der Waals surface area contributed by atoms with Crippen LogP contribution in [0.5, 0.6) is 11.5 Å². The average Bonchev–Trinajstić information content (AvgIpc) is 3.31. The number of ether oxygens (including phenoxy) is 3. The first-order valence-electron chi connectivity index (χ1n) is 14.2. The second kappa shape index (κ2) is 13.6. The summed E-state index contributed by atoms with van der Waals surface area (Å²) in [7, 11) is 0. The molecule has 0 spiro atoms. The number of nitro groups is 1. The van der Waals surface area contributed by atoms with E-state index in [0.717, 1.165) is 21.4 Å². The van der Waals surface area contributed by atoms with E-state index in [4.69, 9.17) is 14.2 Å². The van der Waals surface area contributed by atoms with Crippen molar-refractivity contribution < 1.29 is 23.9 Å². The Morgan fingerprint density at radius 3 is 2.49 bits per heavy atom. The monoisotopic (exact) mass is 691 g/mol. The van der Waals surface area contributed by atoms with Gasteiger partial charge >= 0.3 is 5.97 Å². The van der Waals surface area contributed by atoms with Gasteiger partial charge in [-0.3, -0.25) is 19.5 Å². The van der Waals surface area contributed by atoms with Crippen molar-refractivity contribution in [3.63, 3.8) is 0 Å². The lowest BCUT2D eigenvalue weighted by atomic mass is 9.94. The molecule has 0 saturated carbocycles. The Balaban J connectivity index is 1.58. The van der Waals surface area contributed by atoms with Crippen LogP contribution in [-0.4, -0.2) is 28.7 Å². The molecule has 1 aromatic heterocycles. The quantitative estimate of drug-likeness (QED) is 0.118. The molecule has 0 saturated heterocycles. The van der Waals surface area contributed by atoms with Crippen molar-refractivity contribution in [1.29, 1.82) is 0 Å². The smallest absolute Gasteiger partial charge is 0.338 e. The van der Waals surface area contributed by atoms with E-state index >= 15 is 0 Å². The minimum absolute atomic E-state index is 0.113. The summed E-state index contributed by atoms with van der Waals surface area (Å²) >= 11 is 4.60. The highest BCUT2D eigenvalue weighted by molar-refractivity contribution is 9.10. The number of nitro benzene ring substituents is 1. The van der Waals surface area contributed by atoms with Gasteiger partial charge in [0.05, 0.1) is 40.0 Å². The van der Waals surface area contributed by atoms with Gasteiger partial charge in [0.2, 0.25) is 0 Å². The third kappa shape index (κ3) is 6.76. The predicted molar refractivity (Wildman–Crippen MR) is 174 cm³/mol. The van der Waals surface area contributed by atoms with Gasteiger partial charge in [-0.05, 0) is 74.7 Å². The zero-order valence-corrected chi connectivity index (χ0v) is 27.4. The Labute approximate surface area is 271 Å². The van der Waals surface area contributed by atoms with Crippen LogP contribution in [0.4, 0.5) is 5.69 Å². The van der Waals surface area contributed by atoms with Gasteiger partial charge < -0.3 is 14.2 Å². The maximum absolute atomic E-state index is 14.0. The number of carbonyl (C=O) groups excluding carboxylic acids is 1. The number of benzene rings is 3. The SMILES string of the molecule is CCOC(=O)C1=C(C)N=c2s/c(=C/c3ccc(OCc4ccc(Br)cc4)c(OCC)c3)c(=O)n2[C@H]1c1ccc(C)c([N+](=O)[O-])c1. The van der Waals surface area contributed by atoms with E-state index < -0.39 is 22.5 Å². The van der Waals surface area contributed by atoms with E-state index in [1.807, 2.05) is 37.3 Å². The third-order valence-corrected chi connectivity index (χ3v) is 8.65. The molecule has 5 rings (SSSR count). The Morgan fingerprint density at radius 1 is 1.04 bits per heavy atom. The molecule has 0 radical (unpaired) electrons. The number of aromatic nitrogens is 1. The van der Waals surface area contributed by atoms with Gasteiger partial charge in [0, 0.05) is 16.1 Å². The Bertz CT molecular complexity index is 2000. The summed E-state index contributed by atoms with van der Waals surface area (Å²) < 4.78 is 20.0. The normalized spacial score (nSPS) is 14.5. The number of thiazole rings is 1. The van der Waals surface area contributed by atoms with Crippen LogP contribution in [0.3, 0.4) is 0 Å². The number of esters is 1. The van der Waals surface area contributed by atoms with Crippen LogP contribution >= 0.6 is 27.3 Å². The minimum atomic E-state index is -0.963. The van der Waals surface area contributed by atoms with Crippen LogP contribution in [-0.2, 0) is 16.1 Å². The second-order valence-electron chi connectivity index (χ2n) is 10.2. The second-order valence-corrected chi connectivity index (χ2v) is 12.1. The molecule has 10 nitrogen and oxygen atoms in total. The van der Waals surface area contributed by atoms with Crippen LogP contribution in [0.15, 0.2) is 86.2 Å². The number of carbonyl (C=O) groups is 1. The first-order chi connectivity index (χ1) is 21.6. The van der Waals surface area contributed by atoms with Crippen molar-refractivity contribution in [3.8, 4) is 11.5 Å². The first-order valence-corrected chi connectivity index (χ1v) is 15.8. The van der Waals surface area contributed by atoms with Gasteiger partial charge in [0.15, 0.2) is 16.3 Å². The van der Waals surface area contributed by atoms with Gasteiger partial charge in [-0.15, -0.1) is 0 Å². The van der Waals surface area contributed by atoms with Crippen molar-refractivity contribution in [3.05, 3.63) is 128 Å². The molecule has 232 valence electrons. The lowest BCUT2D eigenvalue weighted by molar-refractivity contribution is -0.385. The van der Waals surface area contributed by atoms with Crippen LogP contribution in [0.2, 0.25) is 0 Å². The number of hydrogen-bond acceptors (Lipinski definition) is 9. The maximum atomic E-state index is 14.0. The summed E-state index contributed by atoms with van der Waals surface area (Å²) in [4.78, 5) is 43.4. The fourth-order valence-corrected chi connectivity index (χ4v) is 6.31. The molecular formula is C33H30BrN3O7S. The summed E-state index contributed by atoms with van der Waals surface area (Å²) in [6, 6.07) is 17.0. The molecule has 12 heteroatoms. The zero-order valence-electron chi connectivity index (χ0n) is 25.0. The lowest BCUT2D eigenvalue weighted by Gasteiger charge is -2.24. The molecule has 1 aliphatic rings. The van der Waals surface area contributed by atoms with Crippen molar-refractivity contribution in [2.24, 2.45) is 4.99 Å². The summed E-state index contributed by atoms with van der Waals surface area (Å²) in [5, 5.41) is 11.8. The minimum Gasteiger partial charge on any atom is -0.490 e. The molecule has 3 aromatic carbocycles. The van der Waals surface area contributed by atoms with E-state index in [9.17, 15) is 19.7 Å². The van der Waals surface area contributed by atoms with Crippen molar-refractivity contribution in [1.82, 2.24) is 4.57 Å². The molecule has 4 aromatic rings. The number of fused-ring (bicyclic) bond motifs is 1. The molecule has 0 fully saturated rings. The van der Waals surface area contributed by atoms with Crippen LogP contribution in [0.25, 0.3) is 6.08 Å². The molecule has 0 N–H and O–H groups in total. The first kappa shape index (κ1) is 31.9.